The van der Waals surface area contributed by atoms with E-state index in [1.54, 1.807) is 0 Å². The van der Waals surface area contributed by atoms with Crippen molar-refractivity contribution in [2.45, 2.75) is 64.3 Å². The molecule has 0 aromatic carbocycles. The maximum Gasteiger partial charge on any atom is 0.0469 e. The van der Waals surface area contributed by atoms with Crippen molar-refractivity contribution in [1.29, 1.82) is 0 Å². The van der Waals surface area contributed by atoms with Crippen molar-refractivity contribution in [2.24, 2.45) is 11.8 Å². The zero-order valence-corrected chi connectivity index (χ0v) is 11.4. The Labute approximate surface area is 107 Å². The predicted molar refractivity (Wildman–Crippen MR) is 72.2 cm³/mol. The summed E-state index contributed by atoms with van der Waals surface area (Å²) in [5, 5.41) is 3.81. The molecule has 0 aromatic heterocycles. The summed E-state index contributed by atoms with van der Waals surface area (Å²) < 4.78 is 5.50. The van der Waals surface area contributed by atoms with E-state index in [1.807, 2.05) is 0 Å². The van der Waals surface area contributed by atoms with Crippen molar-refractivity contribution < 1.29 is 4.74 Å². The monoisotopic (exact) mass is 239 g/mol. The smallest absolute Gasteiger partial charge is 0.0469 e. The average Bonchev–Trinajstić information content (AvgIpc) is 2.88. The third kappa shape index (κ3) is 4.26. The zero-order valence-electron chi connectivity index (χ0n) is 11.4. The lowest BCUT2D eigenvalue weighted by Gasteiger charge is -2.32. The molecule has 2 heteroatoms. The maximum atomic E-state index is 5.50. The SMILES string of the molecule is CCCNC(CC1CCCC1)C1CCOCC1. The Morgan fingerprint density at radius 2 is 1.82 bits per heavy atom. The number of rotatable bonds is 6. The van der Waals surface area contributed by atoms with E-state index in [0.717, 1.165) is 31.1 Å². The highest BCUT2D eigenvalue weighted by Gasteiger charge is 2.27. The summed E-state index contributed by atoms with van der Waals surface area (Å²) in [6, 6.07) is 0.766. The van der Waals surface area contributed by atoms with E-state index in [9.17, 15) is 0 Å². The third-order valence-corrected chi connectivity index (χ3v) is 4.55. The van der Waals surface area contributed by atoms with Crippen LogP contribution in [0.1, 0.15) is 58.3 Å². The summed E-state index contributed by atoms with van der Waals surface area (Å²) in [5.41, 5.74) is 0. The zero-order chi connectivity index (χ0) is 11.9. The lowest BCUT2D eigenvalue weighted by Crippen LogP contribution is -2.40. The standard InChI is InChI=1S/C15H29NO/c1-2-9-16-15(12-13-5-3-4-6-13)14-7-10-17-11-8-14/h13-16H,2-12H2,1H3. The first-order chi connectivity index (χ1) is 8.40. The molecule has 2 nitrogen and oxygen atoms in total. The van der Waals surface area contributed by atoms with Gasteiger partial charge in [0.2, 0.25) is 0 Å². The van der Waals surface area contributed by atoms with Crippen LogP contribution in [0, 0.1) is 11.8 Å². The van der Waals surface area contributed by atoms with E-state index in [0.29, 0.717) is 0 Å². The Bertz CT molecular complexity index is 195. The van der Waals surface area contributed by atoms with E-state index in [2.05, 4.69) is 12.2 Å². The molecule has 1 aliphatic heterocycles. The molecule has 2 rings (SSSR count). The van der Waals surface area contributed by atoms with Crippen molar-refractivity contribution in [3.63, 3.8) is 0 Å². The van der Waals surface area contributed by atoms with Crippen LogP contribution in [-0.2, 0) is 4.74 Å². The molecular weight excluding hydrogens is 210 g/mol. The van der Waals surface area contributed by atoms with Crippen LogP contribution in [0.15, 0.2) is 0 Å². The van der Waals surface area contributed by atoms with Gasteiger partial charge in [0, 0.05) is 19.3 Å². The molecule has 1 heterocycles. The molecule has 0 amide bonds. The fraction of sp³-hybridized carbons (Fsp3) is 1.00. The fourth-order valence-electron chi connectivity index (χ4n) is 3.50. The number of nitrogens with one attached hydrogen (secondary N) is 1. The lowest BCUT2D eigenvalue weighted by atomic mass is 9.85. The molecule has 1 N–H and O–H groups in total. The summed E-state index contributed by atoms with van der Waals surface area (Å²) in [4.78, 5) is 0. The van der Waals surface area contributed by atoms with E-state index in [1.165, 1.54) is 57.9 Å². The van der Waals surface area contributed by atoms with Gasteiger partial charge in [0.25, 0.3) is 0 Å². The molecule has 1 atom stereocenters. The van der Waals surface area contributed by atoms with Gasteiger partial charge in [-0.05, 0) is 44.1 Å². The number of hydrogen-bond donors (Lipinski definition) is 1. The summed E-state index contributed by atoms with van der Waals surface area (Å²) in [7, 11) is 0. The highest BCUT2D eigenvalue weighted by molar-refractivity contribution is 4.82. The van der Waals surface area contributed by atoms with E-state index >= 15 is 0 Å². The first-order valence-corrected chi connectivity index (χ1v) is 7.71. The van der Waals surface area contributed by atoms with Crippen molar-refractivity contribution in [1.82, 2.24) is 5.32 Å². The molecule has 0 bridgehead atoms. The van der Waals surface area contributed by atoms with E-state index in [-0.39, 0.29) is 0 Å². The number of hydrogen-bond acceptors (Lipinski definition) is 2. The summed E-state index contributed by atoms with van der Waals surface area (Å²) in [6.07, 6.45) is 11.1. The van der Waals surface area contributed by atoms with Gasteiger partial charge in [-0.1, -0.05) is 32.6 Å². The molecule has 2 fully saturated rings. The molecule has 0 spiro atoms. The minimum absolute atomic E-state index is 0.766. The minimum atomic E-state index is 0.766. The van der Waals surface area contributed by atoms with Gasteiger partial charge in [-0.3, -0.25) is 0 Å². The highest BCUT2D eigenvalue weighted by Crippen LogP contribution is 2.32. The van der Waals surface area contributed by atoms with Crippen LogP contribution in [-0.4, -0.2) is 25.8 Å². The summed E-state index contributed by atoms with van der Waals surface area (Å²) >= 11 is 0. The van der Waals surface area contributed by atoms with Crippen molar-refractivity contribution >= 4 is 0 Å². The van der Waals surface area contributed by atoms with Gasteiger partial charge in [0.15, 0.2) is 0 Å². The second-order valence-corrected chi connectivity index (χ2v) is 5.90. The van der Waals surface area contributed by atoms with E-state index < -0.39 is 0 Å². The van der Waals surface area contributed by atoms with Crippen LogP contribution in [0.4, 0.5) is 0 Å². The van der Waals surface area contributed by atoms with Crippen molar-refractivity contribution in [2.75, 3.05) is 19.8 Å². The van der Waals surface area contributed by atoms with Crippen LogP contribution in [0.3, 0.4) is 0 Å². The average molecular weight is 239 g/mol. The molecule has 17 heavy (non-hydrogen) atoms. The van der Waals surface area contributed by atoms with Crippen LogP contribution in [0.5, 0.6) is 0 Å². The molecule has 100 valence electrons. The maximum absolute atomic E-state index is 5.50. The van der Waals surface area contributed by atoms with Gasteiger partial charge in [0.05, 0.1) is 0 Å². The third-order valence-electron chi connectivity index (χ3n) is 4.55. The normalized spacial score (nSPS) is 25.2. The lowest BCUT2D eigenvalue weighted by molar-refractivity contribution is 0.0502. The Morgan fingerprint density at radius 3 is 2.47 bits per heavy atom. The Morgan fingerprint density at radius 1 is 1.12 bits per heavy atom. The first-order valence-electron chi connectivity index (χ1n) is 7.71. The van der Waals surface area contributed by atoms with Crippen LogP contribution >= 0.6 is 0 Å². The molecule has 1 aliphatic carbocycles. The molecule has 1 unspecified atom stereocenters. The molecule has 0 aromatic rings. The summed E-state index contributed by atoms with van der Waals surface area (Å²) in [6.45, 7) is 5.43. The van der Waals surface area contributed by atoms with Crippen LogP contribution in [0.25, 0.3) is 0 Å². The van der Waals surface area contributed by atoms with Gasteiger partial charge in [-0.15, -0.1) is 0 Å². The van der Waals surface area contributed by atoms with Gasteiger partial charge in [-0.2, -0.15) is 0 Å². The van der Waals surface area contributed by atoms with E-state index in [4.69, 9.17) is 4.74 Å². The molecule has 0 radical (unpaired) electrons. The highest BCUT2D eigenvalue weighted by atomic mass is 16.5. The Kier molecular flexibility index (Phi) is 5.79. The van der Waals surface area contributed by atoms with Gasteiger partial charge >= 0.3 is 0 Å². The fourth-order valence-corrected chi connectivity index (χ4v) is 3.50. The second-order valence-electron chi connectivity index (χ2n) is 5.90. The van der Waals surface area contributed by atoms with Crippen LogP contribution < -0.4 is 5.32 Å². The van der Waals surface area contributed by atoms with Crippen molar-refractivity contribution in [3.8, 4) is 0 Å². The van der Waals surface area contributed by atoms with Gasteiger partial charge in [-0.25, -0.2) is 0 Å². The van der Waals surface area contributed by atoms with Crippen molar-refractivity contribution in [3.05, 3.63) is 0 Å². The molecule has 2 aliphatic rings. The minimum Gasteiger partial charge on any atom is -0.381 e. The largest absolute Gasteiger partial charge is 0.381 e. The predicted octanol–water partition coefficient (Wildman–Crippen LogP) is 3.36. The topological polar surface area (TPSA) is 21.3 Å². The van der Waals surface area contributed by atoms with Gasteiger partial charge < -0.3 is 10.1 Å². The first kappa shape index (κ1) is 13.4. The molecule has 1 saturated carbocycles. The number of ether oxygens (including phenoxy) is 1. The quantitative estimate of drug-likeness (QED) is 0.767. The second kappa shape index (κ2) is 7.38. The Hall–Kier alpha value is -0.0800. The summed E-state index contributed by atoms with van der Waals surface area (Å²) in [5.74, 6) is 1.88. The molecular formula is C15H29NO. The Balaban J connectivity index is 1.81. The molecule has 1 saturated heterocycles. The van der Waals surface area contributed by atoms with Crippen LogP contribution in [0.2, 0.25) is 0 Å². The van der Waals surface area contributed by atoms with Gasteiger partial charge in [0.1, 0.15) is 0 Å².